The number of hydrogen-bond acceptors (Lipinski definition) is 6. The molecule has 0 unspecified atom stereocenters. The van der Waals surface area contributed by atoms with Gasteiger partial charge in [0.25, 0.3) is 0 Å². The Morgan fingerprint density at radius 1 is 1.06 bits per heavy atom. The molecule has 190 valence electrons. The first-order valence-corrected chi connectivity index (χ1v) is 10.9. The predicted octanol–water partition coefficient (Wildman–Crippen LogP) is 2.52. The van der Waals surface area contributed by atoms with E-state index in [9.17, 15) is 22.8 Å². The third kappa shape index (κ3) is 12.8. The minimum atomic E-state index is -4.44. The number of carbonyl (C=O) groups excluding carboxylic acids is 2. The Bertz CT molecular complexity index is 972. The lowest BCUT2D eigenvalue weighted by molar-refractivity contribution is -0.120. The maximum absolute atomic E-state index is 12.2. The second-order valence-corrected chi connectivity index (χ2v) is 7.38. The number of nitrogens with zero attached hydrogens (tertiary/aromatic N) is 3. The molecule has 2 amide bonds. The standard InChI is InChI=1S/C22H28F3N7O3/c23-22(24,25)15-30-20(26)32-18-10-12-27-17(31-18)9-5-2-6-11-28-19(33)13-29-21(34)35-14-16-7-3-1-4-8-16/h1,3-4,7-8,10,12H,2,5-6,9,11,13-15H2,(H,28,33)(H,29,34)(H3,26,27,30,31,32). The highest BCUT2D eigenvalue weighted by Gasteiger charge is 2.26. The largest absolute Gasteiger partial charge is 0.445 e. The number of carbonyl (C=O) groups is 2. The first-order chi connectivity index (χ1) is 16.7. The number of nitrogens with two attached hydrogens (primary N) is 1. The van der Waals surface area contributed by atoms with Gasteiger partial charge in [-0.05, 0) is 24.5 Å². The van der Waals surface area contributed by atoms with E-state index in [-0.39, 0.29) is 30.8 Å². The SMILES string of the molecule is NC(=NCC(F)(F)F)Nc1ccnc(CCCCCNC(=O)CNC(=O)OCc2ccccc2)n1. The number of alkyl halides is 3. The van der Waals surface area contributed by atoms with Crippen molar-refractivity contribution >= 4 is 23.8 Å². The van der Waals surface area contributed by atoms with Crippen molar-refractivity contribution in [2.75, 3.05) is 25.0 Å². The second-order valence-electron chi connectivity index (χ2n) is 7.38. The number of aryl methyl sites for hydroxylation is 1. The van der Waals surface area contributed by atoms with Gasteiger partial charge in [0.05, 0.1) is 6.54 Å². The molecule has 0 saturated heterocycles. The number of benzene rings is 1. The number of anilines is 1. The zero-order valence-electron chi connectivity index (χ0n) is 19.0. The highest BCUT2D eigenvalue weighted by Crippen LogP contribution is 2.14. The van der Waals surface area contributed by atoms with Crippen molar-refractivity contribution in [1.29, 1.82) is 0 Å². The van der Waals surface area contributed by atoms with Gasteiger partial charge in [-0.25, -0.2) is 19.8 Å². The zero-order valence-corrected chi connectivity index (χ0v) is 19.0. The van der Waals surface area contributed by atoms with Crippen LogP contribution >= 0.6 is 0 Å². The minimum absolute atomic E-state index is 0.121. The van der Waals surface area contributed by atoms with Gasteiger partial charge in [-0.15, -0.1) is 0 Å². The molecule has 0 aliphatic carbocycles. The molecular formula is C22H28F3N7O3. The summed E-state index contributed by atoms with van der Waals surface area (Å²) < 4.78 is 41.6. The number of guanidine groups is 1. The van der Waals surface area contributed by atoms with Crippen molar-refractivity contribution in [2.45, 2.75) is 38.5 Å². The average molecular weight is 496 g/mol. The fourth-order valence-corrected chi connectivity index (χ4v) is 2.74. The van der Waals surface area contributed by atoms with E-state index in [4.69, 9.17) is 10.5 Å². The Morgan fingerprint density at radius 3 is 2.57 bits per heavy atom. The summed E-state index contributed by atoms with van der Waals surface area (Å²) in [6, 6.07) is 10.7. The smallest absolute Gasteiger partial charge is 0.408 e. The maximum atomic E-state index is 12.2. The van der Waals surface area contributed by atoms with Crippen LogP contribution < -0.4 is 21.7 Å². The Hall–Kier alpha value is -3.90. The number of nitrogens with one attached hydrogen (secondary N) is 3. The van der Waals surface area contributed by atoms with E-state index in [2.05, 4.69) is 30.9 Å². The molecule has 1 heterocycles. The van der Waals surface area contributed by atoms with Crippen molar-refractivity contribution in [3.63, 3.8) is 0 Å². The number of aromatic nitrogens is 2. The molecule has 10 nitrogen and oxygen atoms in total. The molecular weight excluding hydrogens is 467 g/mol. The van der Waals surface area contributed by atoms with Crippen LogP contribution in [-0.2, 0) is 22.6 Å². The van der Waals surface area contributed by atoms with Crippen LogP contribution in [0, 0.1) is 0 Å². The quantitative estimate of drug-likeness (QED) is 0.201. The third-order valence-electron chi connectivity index (χ3n) is 4.40. The van der Waals surface area contributed by atoms with Crippen molar-refractivity contribution in [2.24, 2.45) is 10.7 Å². The molecule has 13 heteroatoms. The molecule has 0 saturated carbocycles. The van der Waals surface area contributed by atoms with Crippen LogP contribution in [0.25, 0.3) is 0 Å². The summed E-state index contributed by atoms with van der Waals surface area (Å²) in [4.78, 5) is 35.0. The molecule has 0 aliphatic heterocycles. The van der Waals surface area contributed by atoms with Gasteiger partial charge in [0.15, 0.2) is 5.96 Å². The van der Waals surface area contributed by atoms with Crippen molar-refractivity contribution in [1.82, 2.24) is 20.6 Å². The van der Waals surface area contributed by atoms with E-state index < -0.39 is 18.8 Å². The molecule has 35 heavy (non-hydrogen) atoms. The van der Waals surface area contributed by atoms with Crippen molar-refractivity contribution in [3.05, 3.63) is 54.0 Å². The van der Waals surface area contributed by atoms with Crippen LogP contribution in [0.5, 0.6) is 0 Å². The van der Waals surface area contributed by atoms with E-state index in [0.717, 1.165) is 18.4 Å². The Morgan fingerprint density at radius 2 is 1.83 bits per heavy atom. The maximum Gasteiger partial charge on any atom is 0.408 e. The summed E-state index contributed by atoms with van der Waals surface area (Å²) in [5.74, 6) is 0.0385. The number of ether oxygens (including phenoxy) is 1. The monoisotopic (exact) mass is 495 g/mol. The third-order valence-corrected chi connectivity index (χ3v) is 4.40. The number of rotatable bonds is 12. The number of unbranched alkanes of at least 4 members (excludes halogenated alkanes) is 2. The van der Waals surface area contributed by atoms with Crippen LogP contribution in [0.3, 0.4) is 0 Å². The molecule has 2 aromatic rings. The van der Waals surface area contributed by atoms with Crippen LogP contribution in [-0.4, -0.2) is 53.7 Å². The lowest BCUT2D eigenvalue weighted by Gasteiger charge is -2.08. The van der Waals surface area contributed by atoms with Crippen LogP contribution in [0.2, 0.25) is 0 Å². The summed E-state index contributed by atoms with van der Waals surface area (Å²) in [6.45, 7) is -1.00. The van der Waals surface area contributed by atoms with E-state index in [1.807, 2.05) is 30.3 Å². The number of amides is 2. The Balaban J connectivity index is 1.56. The van der Waals surface area contributed by atoms with Crippen LogP contribution in [0.15, 0.2) is 47.6 Å². The molecule has 1 aromatic carbocycles. The lowest BCUT2D eigenvalue weighted by atomic mass is 10.2. The van der Waals surface area contributed by atoms with Gasteiger partial charge in [0.2, 0.25) is 5.91 Å². The second kappa shape index (κ2) is 14.4. The van der Waals surface area contributed by atoms with Gasteiger partial charge in [-0.1, -0.05) is 36.8 Å². The average Bonchev–Trinajstić information content (AvgIpc) is 2.83. The van der Waals surface area contributed by atoms with Crippen LogP contribution in [0.1, 0.15) is 30.7 Å². The van der Waals surface area contributed by atoms with E-state index in [1.165, 1.54) is 12.3 Å². The van der Waals surface area contributed by atoms with Gasteiger partial charge >= 0.3 is 12.3 Å². The van der Waals surface area contributed by atoms with Gasteiger partial charge in [0, 0.05) is 19.2 Å². The minimum Gasteiger partial charge on any atom is -0.445 e. The van der Waals surface area contributed by atoms with E-state index in [0.29, 0.717) is 25.2 Å². The first-order valence-electron chi connectivity index (χ1n) is 10.9. The summed E-state index contributed by atoms with van der Waals surface area (Å²) in [7, 11) is 0. The lowest BCUT2D eigenvalue weighted by Crippen LogP contribution is -2.37. The topological polar surface area (TPSA) is 144 Å². The number of alkyl carbamates (subject to hydrolysis) is 1. The zero-order chi connectivity index (χ0) is 25.5. The highest BCUT2D eigenvalue weighted by atomic mass is 19.4. The summed E-state index contributed by atoms with van der Waals surface area (Å²) in [5.41, 5.74) is 6.28. The molecule has 0 fully saturated rings. The molecule has 0 bridgehead atoms. The highest BCUT2D eigenvalue weighted by molar-refractivity contribution is 5.91. The normalized spacial score (nSPS) is 11.6. The van der Waals surface area contributed by atoms with E-state index in [1.54, 1.807) is 0 Å². The van der Waals surface area contributed by atoms with E-state index >= 15 is 0 Å². The van der Waals surface area contributed by atoms with Crippen molar-refractivity contribution in [3.8, 4) is 0 Å². The van der Waals surface area contributed by atoms with Gasteiger partial charge < -0.3 is 26.4 Å². The first kappa shape index (κ1) is 27.3. The molecule has 0 spiro atoms. The molecule has 0 radical (unpaired) electrons. The Kier molecular flexibility index (Phi) is 11.2. The summed E-state index contributed by atoms with van der Waals surface area (Å²) in [6.07, 6.45) is -0.872. The molecule has 2 rings (SSSR count). The number of halogens is 3. The molecule has 0 atom stereocenters. The van der Waals surface area contributed by atoms with Gasteiger partial charge in [-0.3, -0.25) is 4.79 Å². The van der Waals surface area contributed by atoms with Gasteiger partial charge in [-0.2, -0.15) is 13.2 Å². The summed E-state index contributed by atoms with van der Waals surface area (Å²) >= 11 is 0. The molecule has 0 aliphatic rings. The summed E-state index contributed by atoms with van der Waals surface area (Å²) in [5, 5.41) is 7.60. The Labute approximate surface area is 200 Å². The van der Waals surface area contributed by atoms with Crippen LogP contribution in [0.4, 0.5) is 23.8 Å². The number of hydrogen-bond donors (Lipinski definition) is 4. The number of aliphatic imine (C=N–C) groups is 1. The fraction of sp³-hybridized carbons (Fsp3) is 0.409. The van der Waals surface area contributed by atoms with Gasteiger partial charge in [0.1, 0.15) is 24.8 Å². The molecule has 1 aromatic heterocycles. The molecule has 5 N–H and O–H groups in total. The van der Waals surface area contributed by atoms with Crippen molar-refractivity contribution < 1.29 is 27.5 Å². The predicted molar refractivity (Wildman–Crippen MR) is 123 cm³/mol. The fourth-order valence-electron chi connectivity index (χ4n) is 2.74.